The summed E-state index contributed by atoms with van der Waals surface area (Å²) in [5, 5.41) is 2.83. The third kappa shape index (κ3) is 4.39. The molecule has 3 rings (SSSR count). The van der Waals surface area contributed by atoms with Gasteiger partial charge in [-0.2, -0.15) is 0 Å². The average molecular weight is 380 g/mol. The summed E-state index contributed by atoms with van der Waals surface area (Å²) >= 11 is 0. The molecule has 2 aromatic rings. The molecule has 28 heavy (non-hydrogen) atoms. The fourth-order valence-corrected chi connectivity index (χ4v) is 3.19. The number of carbonyl (C=O) groups is 3. The van der Waals surface area contributed by atoms with Gasteiger partial charge in [-0.3, -0.25) is 9.59 Å². The highest BCUT2D eigenvalue weighted by atomic mass is 16.5. The first-order valence-electron chi connectivity index (χ1n) is 9.43. The van der Waals surface area contributed by atoms with Crippen LogP contribution in [0, 0.1) is 12.8 Å². The number of carbonyl (C=O) groups excluding carboxylic acids is 3. The number of hydrogen-bond donors (Lipinski definition) is 1. The standard InChI is InChI=1S/C22H24N2O4/c1-3-12-28-22(27)16-8-10-18(11-9-16)23-21(26)17-13-20(25)24(14-17)19-7-5-4-6-15(19)2/h4-11,17H,3,12-14H2,1-2H3,(H,23,26)/t17-/m1/s1. The van der Waals surface area contributed by atoms with E-state index in [0.29, 0.717) is 24.4 Å². The Morgan fingerprint density at radius 2 is 1.86 bits per heavy atom. The Balaban J connectivity index is 1.62. The van der Waals surface area contributed by atoms with Gasteiger partial charge in [0, 0.05) is 24.3 Å². The second kappa shape index (κ2) is 8.69. The molecule has 2 aromatic carbocycles. The summed E-state index contributed by atoms with van der Waals surface area (Å²) in [4.78, 5) is 38.5. The van der Waals surface area contributed by atoms with Crippen LogP contribution in [0.1, 0.15) is 35.7 Å². The van der Waals surface area contributed by atoms with Crippen LogP contribution in [0.4, 0.5) is 11.4 Å². The van der Waals surface area contributed by atoms with E-state index in [0.717, 1.165) is 17.7 Å². The monoisotopic (exact) mass is 380 g/mol. The summed E-state index contributed by atoms with van der Waals surface area (Å²) in [6.07, 6.45) is 0.946. The Morgan fingerprint density at radius 3 is 2.54 bits per heavy atom. The van der Waals surface area contributed by atoms with Crippen LogP contribution in [0.15, 0.2) is 48.5 Å². The number of nitrogens with one attached hydrogen (secondary N) is 1. The maximum atomic E-state index is 12.6. The number of nitrogens with zero attached hydrogens (tertiary/aromatic N) is 1. The quantitative estimate of drug-likeness (QED) is 0.778. The van der Waals surface area contributed by atoms with E-state index in [1.54, 1.807) is 29.2 Å². The summed E-state index contributed by atoms with van der Waals surface area (Å²) in [5.41, 5.74) is 2.87. The summed E-state index contributed by atoms with van der Waals surface area (Å²) in [7, 11) is 0. The van der Waals surface area contributed by atoms with Gasteiger partial charge in [0.2, 0.25) is 11.8 Å². The second-order valence-electron chi connectivity index (χ2n) is 6.89. The minimum atomic E-state index is -0.415. The topological polar surface area (TPSA) is 75.7 Å². The number of amides is 2. The zero-order valence-electron chi connectivity index (χ0n) is 16.1. The largest absolute Gasteiger partial charge is 0.462 e. The zero-order valence-corrected chi connectivity index (χ0v) is 16.1. The van der Waals surface area contributed by atoms with E-state index >= 15 is 0 Å². The van der Waals surface area contributed by atoms with Crippen molar-refractivity contribution in [2.45, 2.75) is 26.7 Å². The number of ether oxygens (including phenoxy) is 1. The molecule has 1 aliphatic heterocycles. The zero-order chi connectivity index (χ0) is 20.1. The molecule has 0 saturated carbocycles. The van der Waals surface area contributed by atoms with E-state index < -0.39 is 5.92 Å². The molecular formula is C22H24N2O4. The SMILES string of the molecule is CCCOC(=O)c1ccc(NC(=O)[C@@H]2CC(=O)N(c3ccccc3C)C2)cc1. The number of para-hydroxylation sites is 1. The molecule has 1 fully saturated rings. The van der Waals surface area contributed by atoms with Gasteiger partial charge in [0.1, 0.15) is 0 Å². The first-order valence-corrected chi connectivity index (χ1v) is 9.43. The van der Waals surface area contributed by atoms with E-state index in [9.17, 15) is 14.4 Å². The molecule has 1 heterocycles. The highest BCUT2D eigenvalue weighted by Gasteiger charge is 2.35. The van der Waals surface area contributed by atoms with Crippen LogP contribution in [-0.2, 0) is 14.3 Å². The Morgan fingerprint density at radius 1 is 1.14 bits per heavy atom. The summed E-state index contributed by atoms with van der Waals surface area (Å²) in [6, 6.07) is 14.2. The Bertz CT molecular complexity index is 876. The molecule has 0 aromatic heterocycles. The lowest BCUT2D eigenvalue weighted by Gasteiger charge is -2.19. The average Bonchev–Trinajstić information content (AvgIpc) is 3.08. The van der Waals surface area contributed by atoms with Gasteiger partial charge in [-0.25, -0.2) is 4.79 Å². The predicted octanol–water partition coefficient (Wildman–Crippen LogP) is 3.55. The highest BCUT2D eigenvalue weighted by molar-refractivity contribution is 6.04. The molecule has 0 bridgehead atoms. The van der Waals surface area contributed by atoms with Gasteiger partial charge >= 0.3 is 5.97 Å². The van der Waals surface area contributed by atoms with Gasteiger partial charge in [0.15, 0.2) is 0 Å². The van der Waals surface area contributed by atoms with Crippen molar-refractivity contribution in [1.29, 1.82) is 0 Å². The second-order valence-corrected chi connectivity index (χ2v) is 6.89. The molecule has 6 heteroatoms. The molecule has 0 aliphatic carbocycles. The van der Waals surface area contributed by atoms with Crippen LogP contribution >= 0.6 is 0 Å². The van der Waals surface area contributed by atoms with Gasteiger partial charge in [-0.15, -0.1) is 0 Å². The first kappa shape index (κ1) is 19.6. The number of esters is 1. The molecule has 1 N–H and O–H groups in total. The lowest BCUT2D eigenvalue weighted by molar-refractivity contribution is -0.122. The minimum absolute atomic E-state index is 0.0523. The van der Waals surface area contributed by atoms with Crippen molar-refractivity contribution in [2.75, 3.05) is 23.4 Å². The lowest BCUT2D eigenvalue weighted by Crippen LogP contribution is -2.28. The van der Waals surface area contributed by atoms with Crippen molar-refractivity contribution in [1.82, 2.24) is 0 Å². The van der Waals surface area contributed by atoms with Crippen LogP contribution in [0.3, 0.4) is 0 Å². The van der Waals surface area contributed by atoms with Crippen LogP contribution in [0.2, 0.25) is 0 Å². The van der Waals surface area contributed by atoms with Gasteiger partial charge in [0.25, 0.3) is 0 Å². The Kier molecular flexibility index (Phi) is 6.09. The van der Waals surface area contributed by atoms with Crippen LogP contribution < -0.4 is 10.2 Å². The fraction of sp³-hybridized carbons (Fsp3) is 0.318. The van der Waals surface area contributed by atoms with Crippen molar-refractivity contribution in [3.63, 3.8) is 0 Å². The van der Waals surface area contributed by atoms with E-state index in [-0.39, 0.29) is 24.2 Å². The lowest BCUT2D eigenvalue weighted by atomic mass is 10.1. The summed E-state index contributed by atoms with van der Waals surface area (Å²) in [6.45, 7) is 4.62. The number of anilines is 2. The maximum absolute atomic E-state index is 12.6. The molecule has 1 aliphatic rings. The molecule has 146 valence electrons. The highest BCUT2D eigenvalue weighted by Crippen LogP contribution is 2.28. The molecular weight excluding hydrogens is 356 g/mol. The van der Waals surface area contributed by atoms with Crippen LogP contribution in [-0.4, -0.2) is 30.9 Å². The van der Waals surface area contributed by atoms with Crippen LogP contribution in [0.25, 0.3) is 0 Å². The van der Waals surface area contributed by atoms with Crippen molar-refractivity contribution >= 4 is 29.2 Å². The number of aryl methyl sites for hydroxylation is 1. The van der Waals surface area contributed by atoms with E-state index in [1.807, 2.05) is 38.1 Å². The third-order valence-electron chi connectivity index (χ3n) is 4.73. The summed E-state index contributed by atoms with van der Waals surface area (Å²) < 4.78 is 5.09. The van der Waals surface area contributed by atoms with Gasteiger partial charge in [-0.1, -0.05) is 25.1 Å². The predicted molar refractivity (Wildman–Crippen MR) is 107 cm³/mol. The van der Waals surface area contributed by atoms with Crippen LogP contribution in [0.5, 0.6) is 0 Å². The number of rotatable bonds is 6. The third-order valence-corrected chi connectivity index (χ3v) is 4.73. The Hall–Kier alpha value is -3.15. The molecule has 0 radical (unpaired) electrons. The number of benzene rings is 2. The molecule has 2 amide bonds. The van der Waals surface area contributed by atoms with Crippen molar-refractivity contribution < 1.29 is 19.1 Å². The van der Waals surface area contributed by atoms with Gasteiger partial charge in [0.05, 0.1) is 18.1 Å². The molecule has 1 saturated heterocycles. The van der Waals surface area contributed by atoms with E-state index in [4.69, 9.17) is 4.74 Å². The number of hydrogen-bond acceptors (Lipinski definition) is 4. The van der Waals surface area contributed by atoms with Crippen molar-refractivity contribution in [3.05, 3.63) is 59.7 Å². The minimum Gasteiger partial charge on any atom is -0.462 e. The normalized spacial score (nSPS) is 16.1. The van der Waals surface area contributed by atoms with Crippen molar-refractivity contribution in [2.24, 2.45) is 5.92 Å². The van der Waals surface area contributed by atoms with E-state index in [2.05, 4.69) is 5.32 Å². The molecule has 1 atom stereocenters. The molecule has 6 nitrogen and oxygen atoms in total. The molecule has 0 unspecified atom stereocenters. The van der Waals surface area contributed by atoms with E-state index in [1.165, 1.54) is 0 Å². The van der Waals surface area contributed by atoms with Crippen molar-refractivity contribution in [3.8, 4) is 0 Å². The first-order chi connectivity index (χ1) is 13.5. The Labute approximate surface area is 164 Å². The van der Waals surface area contributed by atoms with Gasteiger partial charge in [-0.05, 0) is 49.2 Å². The molecule has 0 spiro atoms. The smallest absolute Gasteiger partial charge is 0.338 e. The fourth-order valence-electron chi connectivity index (χ4n) is 3.19. The van der Waals surface area contributed by atoms with Gasteiger partial charge < -0.3 is 15.0 Å². The maximum Gasteiger partial charge on any atom is 0.338 e. The summed E-state index contributed by atoms with van der Waals surface area (Å²) in [5.74, 6) is -1.05.